The zero-order chi connectivity index (χ0) is 34.9. The molecule has 0 radical (unpaired) electrons. The zero-order valence-electron chi connectivity index (χ0n) is 31.7. The molecule has 1 heterocycles. The standard InChI is InChI=1S/C40H78N4O4/c1-3-5-7-9-11-13-15-17-19-21-23-28-38(45)47-35-33-43(32-30-37-27-25-26-31-44(37)40(41)42)34-36-48-39(46)29-24-22-20-18-16-14-12-10-8-6-4-2/h37H,3-36H2,1-2H3,(H3,41,42). The monoisotopic (exact) mass is 679 g/mol. The van der Waals surface area contributed by atoms with Gasteiger partial charge in [-0.05, 0) is 38.5 Å². The number of hydrogen-bond acceptors (Lipinski definition) is 6. The Labute approximate surface area is 296 Å². The summed E-state index contributed by atoms with van der Waals surface area (Å²) in [5.41, 5.74) is 5.87. The maximum atomic E-state index is 12.4. The minimum atomic E-state index is -0.112. The number of rotatable bonds is 33. The van der Waals surface area contributed by atoms with Crippen LogP contribution < -0.4 is 5.73 Å². The van der Waals surface area contributed by atoms with Gasteiger partial charge in [0.25, 0.3) is 0 Å². The molecule has 0 spiro atoms. The molecule has 0 amide bonds. The summed E-state index contributed by atoms with van der Waals surface area (Å²) in [6, 6.07) is 0.256. The van der Waals surface area contributed by atoms with Crippen LogP contribution in [0.25, 0.3) is 0 Å². The first-order chi connectivity index (χ1) is 23.5. The van der Waals surface area contributed by atoms with Crippen molar-refractivity contribution in [2.24, 2.45) is 5.73 Å². The summed E-state index contributed by atoms with van der Waals surface area (Å²) in [5.74, 6) is -0.0717. The summed E-state index contributed by atoms with van der Waals surface area (Å²) in [6.07, 6.45) is 32.9. The van der Waals surface area contributed by atoms with Gasteiger partial charge in [0, 0.05) is 45.1 Å². The molecule has 1 aliphatic rings. The van der Waals surface area contributed by atoms with Crippen LogP contribution in [-0.2, 0) is 19.1 Å². The second-order valence-electron chi connectivity index (χ2n) is 14.4. The number of likely N-dealkylation sites (tertiary alicyclic amines) is 1. The normalized spacial score (nSPS) is 14.8. The second-order valence-corrected chi connectivity index (χ2v) is 14.4. The molecule has 8 nitrogen and oxygen atoms in total. The third kappa shape index (κ3) is 26.1. The maximum Gasteiger partial charge on any atom is 0.305 e. The number of nitrogens with two attached hydrogens (primary N) is 1. The van der Waals surface area contributed by atoms with E-state index in [0.717, 1.165) is 64.5 Å². The number of piperidine rings is 1. The van der Waals surface area contributed by atoms with Crippen molar-refractivity contribution in [3.8, 4) is 0 Å². The number of guanidine groups is 1. The van der Waals surface area contributed by atoms with E-state index in [1.807, 2.05) is 4.90 Å². The van der Waals surface area contributed by atoms with Gasteiger partial charge >= 0.3 is 11.9 Å². The quantitative estimate of drug-likeness (QED) is 0.0308. The van der Waals surface area contributed by atoms with Crippen LogP contribution >= 0.6 is 0 Å². The smallest absolute Gasteiger partial charge is 0.305 e. The van der Waals surface area contributed by atoms with Gasteiger partial charge in [-0.25, -0.2) is 0 Å². The zero-order valence-corrected chi connectivity index (χ0v) is 31.7. The van der Waals surface area contributed by atoms with Crippen molar-refractivity contribution in [2.75, 3.05) is 39.4 Å². The Morgan fingerprint density at radius 2 is 1.02 bits per heavy atom. The van der Waals surface area contributed by atoms with E-state index in [4.69, 9.17) is 20.6 Å². The molecule has 1 fully saturated rings. The summed E-state index contributed by atoms with van der Waals surface area (Å²) in [6.45, 7) is 8.09. The fourth-order valence-electron chi connectivity index (χ4n) is 6.87. The van der Waals surface area contributed by atoms with Crippen LogP contribution in [0.1, 0.15) is 194 Å². The molecule has 0 aromatic carbocycles. The number of carbonyl (C=O) groups is 2. The number of unbranched alkanes of at least 4 members (excludes halogenated alkanes) is 20. The Morgan fingerprint density at radius 1 is 0.625 bits per heavy atom. The minimum Gasteiger partial charge on any atom is -0.464 e. The van der Waals surface area contributed by atoms with Gasteiger partial charge in [0.05, 0.1) is 0 Å². The molecule has 1 aliphatic heterocycles. The van der Waals surface area contributed by atoms with Crippen molar-refractivity contribution in [2.45, 2.75) is 200 Å². The Hall–Kier alpha value is -1.83. The molecular formula is C40H78N4O4. The molecule has 0 aromatic rings. The lowest BCUT2D eigenvalue weighted by Crippen LogP contribution is -2.48. The lowest BCUT2D eigenvalue weighted by Gasteiger charge is -2.37. The number of hydrogen-bond donors (Lipinski definition) is 2. The molecule has 0 aliphatic carbocycles. The van der Waals surface area contributed by atoms with E-state index in [-0.39, 0.29) is 23.9 Å². The molecule has 8 heteroatoms. The van der Waals surface area contributed by atoms with Gasteiger partial charge in [-0.2, -0.15) is 0 Å². The van der Waals surface area contributed by atoms with E-state index < -0.39 is 0 Å². The van der Waals surface area contributed by atoms with Gasteiger partial charge in [0.2, 0.25) is 0 Å². The van der Waals surface area contributed by atoms with Crippen LogP contribution in [0.5, 0.6) is 0 Å². The number of nitrogens with one attached hydrogen (secondary N) is 1. The average molecular weight is 679 g/mol. The van der Waals surface area contributed by atoms with Gasteiger partial charge in [0.1, 0.15) is 13.2 Å². The maximum absolute atomic E-state index is 12.4. The molecule has 0 bridgehead atoms. The molecule has 282 valence electrons. The van der Waals surface area contributed by atoms with Crippen LogP contribution in [0.4, 0.5) is 0 Å². The Balaban J connectivity index is 2.27. The SMILES string of the molecule is CCCCCCCCCCCCCC(=O)OCCN(CCOC(=O)CCCCCCCCCCCCC)CCC1CCCCN1C(=N)N. The summed E-state index contributed by atoms with van der Waals surface area (Å²) in [5, 5.41) is 7.98. The van der Waals surface area contributed by atoms with E-state index in [1.54, 1.807) is 0 Å². The van der Waals surface area contributed by atoms with Gasteiger partial charge in [0.15, 0.2) is 5.96 Å². The average Bonchev–Trinajstić information content (AvgIpc) is 3.08. The number of nitrogens with zero attached hydrogens (tertiary/aromatic N) is 2. The molecule has 0 aromatic heterocycles. The van der Waals surface area contributed by atoms with Gasteiger partial charge in [-0.15, -0.1) is 0 Å². The number of carbonyl (C=O) groups excluding carboxylic acids is 2. The fraction of sp³-hybridized carbons (Fsp3) is 0.925. The van der Waals surface area contributed by atoms with Crippen molar-refractivity contribution in [3.05, 3.63) is 0 Å². The molecule has 3 N–H and O–H groups in total. The van der Waals surface area contributed by atoms with Crippen molar-refractivity contribution in [1.82, 2.24) is 9.80 Å². The first-order valence-electron chi connectivity index (χ1n) is 20.6. The van der Waals surface area contributed by atoms with Gasteiger partial charge < -0.3 is 20.1 Å². The molecule has 0 saturated carbocycles. The lowest BCUT2D eigenvalue weighted by molar-refractivity contribution is -0.144. The van der Waals surface area contributed by atoms with E-state index in [0.29, 0.717) is 39.1 Å². The molecule has 1 rings (SSSR count). The Morgan fingerprint density at radius 3 is 1.42 bits per heavy atom. The largest absolute Gasteiger partial charge is 0.464 e. The molecular weight excluding hydrogens is 600 g/mol. The summed E-state index contributed by atoms with van der Waals surface area (Å²) in [7, 11) is 0. The van der Waals surface area contributed by atoms with E-state index in [1.165, 1.54) is 116 Å². The Kier molecular flexibility index (Phi) is 29.8. The molecule has 1 atom stereocenters. The van der Waals surface area contributed by atoms with Gasteiger partial charge in [-0.3, -0.25) is 19.9 Å². The van der Waals surface area contributed by atoms with E-state index in [9.17, 15) is 9.59 Å². The molecule has 1 unspecified atom stereocenters. The van der Waals surface area contributed by atoms with E-state index in [2.05, 4.69) is 18.7 Å². The predicted octanol–water partition coefficient (Wildman–Crippen LogP) is 9.92. The van der Waals surface area contributed by atoms with Crippen molar-refractivity contribution >= 4 is 17.9 Å². The number of esters is 2. The highest BCUT2D eigenvalue weighted by Crippen LogP contribution is 2.20. The summed E-state index contributed by atoms with van der Waals surface area (Å²) < 4.78 is 11.2. The summed E-state index contributed by atoms with van der Waals surface area (Å²) >= 11 is 0. The van der Waals surface area contributed by atoms with Crippen LogP contribution in [0.3, 0.4) is 0 Å². The first-order valence-corrected chi connectivity index (χ1v) is 20.6. The minimum absolute atomic E-state index is 0.112. The highest BCUT2D eigenvalue weighted by molar-refractivity contribution is 5.75. The second kappa shape index (κ2) is 32.4. The molecule has 48 heavy (non-hydrogen) atoms. The van der Waals surface area contributed by atoms with Crippen LogP contribution in [0.15, 0.2) is 0 Å². The molecule has 1 saturated heterocycles. The van der Waals surface area contributed by atoms with Crippen molar-refractivity contribution in [3.63, 3.8) is 0 Å². The van der Waals surface area contributed by atoms with Crippen LogP contribution in [0, 0.1) is 5.41 Å². The van der Waals surface area contributed by atoms with Crippen LogP contribution in [-0.4, -0.2) is 73.1 Å². The van der Waals surface area contributed by atoms with E-state index >= 15 is 0 Å². The highest BCUT2D eigenvalue weighted by atomic mass is 16.5. The third-order valence-corrected chi connectivity index (χ3v) is 10.0. The fourth-order valence-corrected chi connectivity index (χ4v) is 6.87. The topological polar surface area (TPSA) is 109 Å². The van der Waals surface area contributed by atoms with Gasteiger partial charge in [-0.1, -0.05) is 142 Å². The Bertz CT molecular complexity index is 736. The third-order valence-electron chi connectivity index (χ3n) is 10.0. The predicted molar refractivity (Wildman–Crippen MR) is 201 cm³/mol. The lowest BCUT2D eigenvalue weighted by atomic mass is 9.99. The van der Waals surface area contributed by atoms with Crippen molar-refractivity contribution < 1.29 is 19.1 Å². The summed E-state index contributed by atoms with van der Waals surface area (Å²) in [4.78, 5) is 29.1. The van der Waals surface area contributed by atoms with Crippen molar-refractivity contribution in [1.29, 1.82) is 5.41 Å². The highest BCUT2D eigenvalue weighted by Gasteiger charge is 2.24. The van der Waals surface area contributed by atoms with Crippen LogP contribution in [0.2, 0.25) is 0 Å². The number of ether oxygens (including phenoxy) is 2. The first kappa shape index (κ1) is 44.2.